The predicted octanol–water partition coefficient (Wildman–Crippen LogP) is 2.63. The molecule has 102 valence electrons. The van der Waals surface area contributed by atoms with Crippen molar-refractivity contribution in [3.8, 4) is 5.69 Å². The highest BCUT2D eigenvalue weighted by Crippen LogP contribution is 2.16. The molecule has 0 spiro atoms. The van der Waals surface area contributed by atoms with Crippen molar-refractivity contribution < 1.29 is 0 Å². The zero-order chi connectivity index (χ0) is 13.8. The highest BCUT2D eigenvalue weighted by atomic mass is 15.4. The molecule has 1 heterocycles. The fraction of sp³-hybridized carbons (Fsp3) is 0.467. The van der Waals surface area contributed by atoms with Crippen LogP contribution in [0.5, 0.6) is 0 Å². The van der Waals surface area contributed by atoms with E-state index in [4.69, 9.17) is 0 Å². The van der Waals surface area contributed by atoms with Crippen LogP contribution in [0.2, 0.25) is 0 Å². The Morgan fingerprint density at radius 2 is 2.05 bits per heavy atom. The Bertz CT molecular complexity index is 543. The van der Waals surface area contributed by atoms with Crippen LogP contribution in [-0.2, 0) is 6.54 Å². The molecule has 1 aromatic carbocycles. The Morgan fingerprint density at radius 1 is 1.26 bits per heavy atom. The third-order valence-electron chi connectivity index (χ3n) is 3.07. The highest BCUT2D eigenvalue weighted by Gasteiger charge is 2.08. The van der Waals surface area contributed by atoms with Crippen LogP contribution < -0.4 is 5.32 Å². The van der Waals surface area contributed by atoms with Crippen molar-refractivity contribution in [1.29, 1.82) is 0 Å². The van der Waals surface area contributed by atoms with E-state index in [0.29, 0.717) is 5.92 Å². The summed E-state index contributed by atoms with van der Waals surface area (Å²) in [6.07, 6.45) is 1.83. The molecule has 0 unspecified atom stereocenters. The lowest BCUT2D eigenvalue weighted by molar-refractivity contribution is 0.542. The first-order valence-corrected chi connectivity index (χ1v) is 6.76. The molecule has 0 aliphatic rings. The van der Waals surface area contributed by atoms with Gasteiger partial charge in [-0.2, -0.15) is 0 Å². The molecule has 2 rings (SSSR count). The number of nitrogens with zero attached hydrogens (tertiary/aromatic N) is 3. The lowest BCUT2D eigenvalue weighted by atomic mass is 10.1. The van der Waals surface area contributed by atoms with Crippen molar-refractivity contribution in [2.75, 3.05) is 6.54 Å². The van der Waals surface area contributed by atoms with Crippen LogP contribution in [0.1, 0.15) is 30.7 Å². The third kappa shape index (κ3) is 3.41. The van der Waals surface area contributed by atoms with E-state index in [1.165, 1.54) is 11.1 Å². The van der Waals surface area contributed by atoms with Crippen molar-refractivity contribution in [3.63, 3.8) is 0 Å². The number of aromatic nitrogens is 3. The Kier molecular flexibility index (Phi) is 4.32. The van der Waals surface area contributed by atoms with Crippen LogP contribution in [0, 0.1) is 19.8 Å². The first-order chi connectivity index (χ1) is 9.08. The van der Waals surface area contributed by atoms with E-state index in [1.807, 2.05) is 10.9 Å². The van der Waals surface area contributed by atoms with Crippen molar-refractivity contribution in [1.82, 2.24) is 20.3 Å². The molecule has 19 heavy (non-hydrogen) atoms. The van der Waals surface area contributed by atoms with Crippen LogP contribution in [-0.4, -0.2) is 21.5 Å². The van der Waals surface area contributed by atoms with E-state index >= 15 is 0 Å². The quantitative estimate of drug-likeness (QED) is 0.896. The first-order valence-electron chi connectivity index (χ1n) is 6.76. The molecule has 0 fully saturated rings. The van der Waals surface area contributed by atoms with Crippen LogP contribution >= 0.6 is 0 Å². The summed E-state index contributed by atoms with van der Waals surface area (Å²) < 4.78 is 1.93. The molecular weight excluding hydrogens is 236 g/mol. The maximum atomic E-state index is 4.21. The smallest absolute Gasteiger partial charge is 0.0783 e. The fourth-order valence-corrected chi connectivity index (χ4v) is 2.02. The second-order valence-corrected chi connectivity index (χ2v) is 5.45. The van der Waals surface area contributed by atoms with Crippen molar-refractivity contribution in [2.45, 2.75) is 34.2 Å². The summed E-state index contributed by atoms with van der Waals surface area (Å²) in [6, 6.07) is 6.39. The Labute approximate surface area is 114 Å². The molecule has 0 saturated heterocycles. The number of benzene rings is 1. The minimum absolute atomic E-state index is 0.644. The minimum Gasteiger partial charge on any atom is -0.311 e. The van der Waals surface area contributed by atoms with Gasteiger partial charge < -0.3 is 5.32 Å². The summed E-state index contributed by atoms with van der Waals surface area (Å²) in [6.45, 7) is 10.4. The van der Waals surface area contributed by atoms with Gasteiger partial charge in [-0.25, -0.2) is 4.68 Å². The van der Waals surface area contributed by atoms with Gasteiger partial charge in [0.25, 0.3) is 0 Å². The minimum atomic E-state index is 0.644. The standard InChI is InChI=1S/C15H22N4/c1-11(2)8-16-9-14-10-17-18-19(14)15-7-12(3)5-6-13(15)4/h5-7,10-11,16H,8-9H2,1-4H3. The summed E-state index contributed by atoms with van der Waals surface area (Å²) in [5.74, 6) is 0.644. The summed E-state index contributed by atoms with van der Waals surface area (Å²) >= 11 is 0. The van der Waals surface area contributed by atoms with Gasteiger partial charge in [-0.05, 0) is 43.5 Å². The summed E-state index contributed by atoms with van der Waals surface area (Å²) in [7, 11) is 0. The summed E-state index contributed by atoms with van der Waals surface area (Å²) in [5.41, 5.74) is 4.64. The maximum Gasteiger partial charge on any atom is 0.0783 e. The molecule has 0 bridgehead atoms. The average molecular weight is 258 g/mol. The normalized spacial score (nSPS) is 11.2. The zero-order valence-electron chi connectivity index (χ0n) is 12.1. The molecule has 0 amide bonds. The molecule has 0 aliphatic carbocycles. The molecular formula is C15H22N4. The van der Waals surface area contributed by atoms with Crippen LogP contribution in [0.15, 0.2) is 24.4 Å². The van der Waals surface area contributed by atoms with Gasteiger partial charge in [0.1, 0.15) is 0 Å². The zero-order valence-corrected chi connectivity index (χ0v) is 12.1. The molecule has 0 saturated carbocycles. The molecule has 4 heteroatoms. The first kappa shape index (κ1) is 13.7. The van der Waals surface area contributed by atoms with E-state index in [0.717, 1.165) is 24.5 Å². The van der Waals surface area contributed by atoms with E-state index in [1.54, 1.807) is 0 Å². The van der Waals surface area contributed by atoms with Crippen LogP contribution in [0.25, 0.3) is 5.69 Å². The van der Waals surface area contributed by atoms with Crippen LogP contribution in [0.3, 0.4) is 0 Å². The summed E-state index contributed by atoms with van der Waals surface area (Å²) in [4.78, 5) is 0. The fourth-order valence-electron chi connectivity index (χ4n) is 2.02. The van der Waals surface area contributed by atoms with Gasteiger partial charge in [-0.15, -0.1) is 5.10 Å². The largest absolute Gasteiger partial charge is 0.311 e. The molecule has 2 aromatic rings. The molecule has 0 aliphatic heterocycles. The van der Waals surface area contributed by atoms with Gasteiger partial charge in [0.15, 0.2) is 0 Å². The lowest BCUT2D eigenvalue weighted by Gasteiger charge is -2.11. The Balaban J connectivity index is 2.21. The second kappa shape index (κ2) is 5.97. The number of aryl methyl sites for hydroxylation is 2. The molecule has 0 radical (unpaired) electrons. The monoisotopic (exact) mass is 258 g/mol. The Hall–Kier alpha value is -1.68. The predicted molar refractivity (Wildman–Crippen MR) is 77.4 cm³/mol. The van der Waals surface area contributed by atoms with Crippen molar-refractivity contribution in [2.24, 2.45) is 5.92 Å². The highest BCUT2D eigenvalue weighted by molar-refractivity contribution is 5.43. The number of hydrogen-bond donors (Lipinski definition) is 1. The number of nitrogens with one attached hydrogen (secondary N) is 1. The van der Waals surface area contributed by atoms with Gasteiger partial charge in [0, 0.05) is 6.54 Å². The maximum absolute atomic E-state index is 4.21. The van der Waals surface area contributed by atoms with Crippen LogP contribution in [0.4, 0.5) is 0 Å². The SMILES string of the molecule is Cc1ccc(C)c(-n2nncc2CNCC(C)C)c1. The Morgan fingerprint density at radius 3 is 2.79 bits per heavy atom. The number of hydrogen-bond acceptors (Lipinski definition) is 3. The molecule has 0 atom stereocenters. The molecule has 4 nitrogen and oxygen atoms in total. The van der Waals surface area contributed by atoms with Gasteiger partial charge in [0.2, 0.25) is 0 Å². The van der Waals surface area contributed by atoms with Gasteiger partial charge in [-0.3, -0.25) is 0 Å². The number of rotatable bonds is 5. The average Bonchev–Trinajstić information content (AvgIpc) is 2.80. The molecule has 1 N–H and O–H groups in total. The summed E-state index contributed by atoms with van der Waals surface area (Å²) in [5, 5.41) is 11.7. The topological polar surface area (TPSA) is 42.7 Å². The van der Waals surface area contributed by atoms with Gasteiger partial charge >= 0.3 is 0 Å². The van der Waals surface area contributed by atoms with E-state index in [2.05, 4.69) is 61.5 Å². The van der Waals surface area contributed by atoms with Crippen molar-refractivity contribution >= 4 is 0 Å². The molecule has 1 aromatic heterocycles. The van der Waals surface area contributed by atoms with E-state index < -0.39 is 0 Å². The van der Waals surface area contributed by atoms with E-state index in [9.17, 15) is 0 Å². The van der Waals surface area contributed by atoms with E-state index in [-0.39, 0.29) is 0 Å². The second-order valence-electron chi connectivity index (χ2n) is 5.45. The van der Waals surface area contributed by atoms with Gasteiger partial charge in [-0.1, -0.05) is 31.2 Å². The van der Waals surface area contributed by atoms with Gasteiger partial charge in [0.05, 0.1) is 17.6 Å². The van der Waals surface area contributed by atoms with Crippen molar-refractivity contribution in [3.05, 3.63) is 41.2 Å². The lowest BCUT2D eigenvalue weighted by Crippen LogP contribution is -2.21. The third-order valence-corrected chi connectivity index (χ3v) is 3.07.